The Morgan fingerprint density at radius 3 is 2.50 bits per heavy atom. The Balaban J connectivity index is 2.61. The SMILES string of the molecule is CC(C)(CC(=O)OCCS)c1ccccc1. The molecule has 0 aliphatic carbocycles. The lowest BCUT2D eigenvalue weighted by Gasteiger charge is -2.24. The Morgan fingerprint density at radius 1 is 1.31 bits per heavy atom. The molecule has 1 rings (SSSR count). The summed E-state index contributed by atoms with van der Waals surface area (Å²) in [5.74, 6) is 0.403. The molecule has 16 heavy (non-hydrogen) atoms. The largest absolute Gasteiger partial charge is 0.465 e. The van der Waals surface area contributed by atoms with E-state index >= 15 is 0 Å². The van der Waals surface area contributed by atoms with E-state index in [1.54, 1.807) is 0 Å². The number of benzene rings is 1. The van der Waals surface area contributed by atoms with Crippen LogP contribution in [-0.2, 0) is 14.9 Å². The highest BCUT2D eigenvalue weighted by atomic mass is 32.1. The molecule has 0 spiro atoms. The smallest absolute Gasteiger partial charge is 0.306 e. The van der Waals surface area contributed by atoms with Gasteiger partial charge in [0, 0.05) is 11.2 Å². The van der Waals surface area contributed by atoms with Gasteiger partial charge in [-0.15, -0.1) is 0 Å². The van der Waals surface area contributed by atoms with Crippen molar-refractivity contribution in [2.45, 2.75) is 25.7 Å². The van der Waals surface area contributed by atoms with E-state index in [2.05, 4.69) is 12.6 Å². The average Bonchev–Trinajstić information content (AvgIpc) is 2.27. The van der Waals surface area contributed by atoms with Crippen LogP contribution in [0.2, 0.25) is 0 Å². The Bertz CT molecular complexity index is 333. The van der Waals surface area contributed by atoms with Crippen LogP contribution in [0.25, 0.3) is 0 Å². The molecule has 0 unspecified atom stereocenters. The van der Waals surface area contributed by atoms with Crippen LogP contribution in [0.4, 0.5) is 0 Å². The standard InChI is InChI=1S/C13H18O2S/c1-13(2,10-12(14)15-8-9-16)11-6-4-3-5-7-11/h3-7,16H,8-10H2,1-2H3. The Kier molecular flexibility index (Phi) is 4.87. The fourth-order valence-corrected chi connectivity index (χ4v) is 1.65. The third kappa shape index (κ3) is 3.89. The maximum Gasteiger partial charge on any atom is 0.306 e. The van der Waals surface area contributed by atoms with Crippen molar-refractivity contribution in [1.82, 2.24) is 0 Å². The fraction of sp³-hybridized carbons (Fsp3) is 0.462. The van der Waals surface area contributed by atoms with Gasteiger partial charge >= 0.3 is 5.97 Å². The summed E-state index contributed by atoms with van der Waals surface area (Å²) < 4.78 is 5.03. The lowest BCUT2D eigenvalue weighted by Crippen LogP contribution is -2.23. The zero-order chi connectivity index (χ0) is 12.0. The number of esters is 1. The molecule has 0 radical (unpaired) electrons. The minimum atomic E-state index is -0.186. The molecule has 0 fully saturated rings. The molecule has 0 aliphatic rings. The number of hydrogen-bond acceptors (Lipinski definition) is 3. The summed E-state index contributed by atoms with van der Waals surface area (Å²) >= 11 is 4.00. The summed E-state index contributed by atoms with van der Waals surface area (Å²) in [6.45, 7) is 4.47. The van der Waals surface area contributed by atoms with E-state index in [1.807, 2.05) is 44.2 Å². The topological polar surface area (TPSA) is 26.3 Å². The molecular weight excluding hydrogens is 220 g/mol. The van der Waals surface area contributed by atoms with Crippen molar-refractivity contribution >= 4 is 18.6 Å². The van der Waals surface area contributed by atoms with E-state index in [1.165, 1.54) is 0 Å². The molecule has 1 aromatic rings. The van der Waals surface area contributed by atoms with Gasteiger partial charge in [-0.05, 0) is 5.56 Å². The number of thiol groups is 1. The highest BCUT2D eigenvalue weighted by Crippen LogP contribution is 2.26. The molecular formula is C13H18O2S. The van der Waals surface area contributed by atoms with Crippen molar-refractivity contribution < 1.29 is 9.53 Å². The monoisotopic (exact) mass is 238 g/mol. The number of rotatable bonds is 5. The third-order valence-electron chi connectivity index (χ3n) is 2.50. The van der Waals surface area contributed by atoms with Crippen molar-refractivity contribution in [2.75, 3.05) is 12.4 Å². The second kappa shape index (κ2) is 5.94. The number of hydrogen-bond donors (Lipinski definition) is 1. The molecule has 88 valence electrons. The summed E-state index contributed by atoms with van der Waals surface area (Å²) in [5.41, 5.74) is 0.965. The minimum Gasteiger partial charge on any atom is -0.465 e. The Labute approximate surface area is 102 Å². The van der Waals surface area contributed by atoms with Crippen LogP contribution in [-0.4, -0.2) is 18.3 Å². The van der Waals surface area contributed by atoms with Crippen molar-refractivity contribution in [3.8, 4) is 0 Å². The first kappa shape index (κ1) is 13.1. The second-order valence-electron chi connectivity index (χ2n) is 4.37. The predicted molar refractivity (Wildman–Crippen MR) is 68.9 cm³/mol. The van der Waals surface area contributed by atoms with Crippen LogP contribution in [0, 0.1) is 0 Å². The van der Waals surface area contributed by atoms with E-state index in [0.29, 0.717) is 18.8 Å². The first-order valence-corrected chi connectivity index (χ1v) is 6.01. The van der Waals surface area contributed by atoms with E-state index in [0.717, 1.165) is 5.56 Å². The first-order chi connectivity index (χ1) is 7.56. The number of ether oxygens (including phenoxy) is 1. The lowest BCUT2D eigenvalue weighted by molar-refractivity contribution is -0.144. The molecule has 1 aromatic carbocycles. The molecule has 3 heteroatoms. The molecule has 0 saturated heterocycles. The summed E-state index contributed by atoms with van der Waals surface area (Å²) in [6.07, 6.45) is 0.394. The van der Waals surface area contributed by atoms with Gasteiger partial charge in [-0.25, -0.2) is 0 Å². The predicted octanol–water partition coefficient (Wildman–Crippen LogP) is 2.83. The van der Waals surface area contributed by atoms with Crippen molar-refractivity contribution in [2.24, 2.45) is 0 Å². The zero-order valence-corrected chi connectivity index (χ0v) is 10.7. The molecule has 0 heterocycles. The summed E-state index contributed by atoms with van der Waals surface area (Å²) in [7, 11) is 0. The Morgan fingerprint density at radius 2 is 1.94 bits per heavy atom. The highest BCUT2D eigenvalue weighted by Gasteiger charge is 2.24. The molecule has 0 aliphatic heterocycles. The van der Waals surface area contributed by atoms with Crippen LogP contribution in [0.3, 0.4) is 0 Å². The Hall–Kier alpha value is -0.960. The van der Waals surface area contributed by atoms with E-state index in [4.69, 9.17) is 4.74 Å². The van der Waals surface area contributed by atoms with E-state index in [9.17, 15) is 4.79 Å². The highest BCUT2D eigenvalue weighted by molar-refractivity contribution is 7.80. The van der Waals surface area contributed by atoms with Crippen LogP contribution in [0.1, 0.15) is 25.8 Å². The van der Waals surface area contributed by atoms with Gasteiger partial charge in [-0.2, -0.15) is 12.6 Å². The average molecular weight is 238 g/mol. The van der Waals surface area contributed by atoms with Gasteiger partial charge in [0.25, 0.3) is 0 Å². The number of carbonyl (C=O) groups is 1. The quantitative estimate of drug-likeness (QED) is 0.630. The second-order valence-corrected chi connectivity index (χ2v) is 4.82. The summed E-state index contributed by atoms with van der Waals surface area (Å²) in [4.78, 5) is 11.5. The maximum atomic E-state index is 11.5. The fourth-order valence-electron chi connectivity index (χ4n) is 1.56. The van der Waals surface area contributed by atoms with E-state index < -0.39 is 0 Å². The zero-order valence-electron chi connectivity index (χ0n) is 9.77. The molecule has 0 N–H and O–H groups in total. The molecule has 0 amide bonds. The minimum absolute atomic E-state index is 0.164. The molecule has 2 nitrogen and oxygen atoms in total. The van der Waals surface area contributed by atoms with Crippen LogP contribution < -0.4 is 0 Å². The van der Waals surface area contributed by atoms with Crippen LogP contribution in [0.5, 0.6) is 0 Å². The lowest BCUT2D eigenvalue weighted by atomic mass is 9.82. The molecule has 0 aromatic heterocycles. The maximum absolute atomic E-state index is 11.5. The van der Waals surface area contributed by atoms with E-state index in [-0.39, 0.29) is 11.4 Å². The molecule has 0 saturated carbocycles. The van der Waals surface area contributed by atoms with Gasteiger partial charge < -0.3 is 4.74 Å². The van der Waals surface area contributed by atoms with Gasteiger partial charge in [-0.3, -0.25) is 4.79 Å². The number of carbonyl (C=O) groups excluding carboxylic acids is 1. The van der Waals surface area contributed by atoms with Gasteiger partial charge in [0.15, 0.2) is 0 Å². The summed E-state index contributed by atoms with van der Waals surface area (Å²) in [6, 6.07) is 10.0. The first-order valence-electron chi connectivity index (χ1n) is 5.38. The van der Waals surface area contributed by atoms with Gasteiger partial charge in [0.1, 0.15) is 6.61 Å². The van der Waals surface area contributed by atoms with Gasteiger partial charge in [-0.1, -0.05) is 44.2 Å². The molecule has 0 atom stereocenters. The van der Waals surface area contributed by atoms with Crippen LogP contribution >= 0.6 is 12.6 Å². The van der Waals surface area contributed by atoms with Crippen molar-refractivity contribution in [3.63, 3.8) is 0 Å². The van der Waals surface area contributed by atoms with Crippen molar-refractivity contribution in [3.05, 3.63) is 35.9 Å². The van der Waals surface area contributed by atoms with Gasteiger partial charge in [0.05, 0.1) is 6.42 Å². The van der Waals surface area contributed by atoms with Gasteiger partial charge in [0.2, 0.25) is 0 Å². The molecule has 0 bridgehead atoms. The third-order valence-corrected chi connectivity index (χ3v) is 2.68. The van der Waals surface area contributed by atoms with Crippen molar-refractivity contribution in [1.29, 1.82) is 0 Å². The normalized spacial score (nSPS) is 11.2. The van der Waals surface area contributed by atoms with Crippen LogP contribution in [0.15, 0.2) is 30.3 Å². The summed E-state index contributed by atoms with van der Waals surface area (Å²) in [5, 5.41) is 0.